The van der Waals surface area contributed by atoms with Gasteiger partial charge in [0.05, 0.1) is 22.2 Å². The molecule has 0 fully saturated rings. The summed E-state index contributed by atoms with van der Waals surface area (Å²) in [4.78, 5) is 10.8. The minimum atomic E-state index is -1.88. The molecule has 0 aliphatic carbocycles. The van der Waals surface area contributed by atoms with E-state index in [-0.39, 0.29) is 0 Å². The lowest BCUT2D eigenvalue weighted by atomic mass is 9.97. The van der Waals surface area contributed by atoms with E-state index >= 15 is 0 Å². The van der Waals surface area contributed by atoms with Crippen LogP contribution in [0.1, 0.15) is 0 Å². The first-order valence-electron chi connectivity index (χ1n) is 17.3. The Kier molecular flexibility index (Phi) is 6.33. The first-order chi connectivity index (χ1) is 24.6. The van der Waals surface area contributed by atoms with Crippen LogP contribution in [0.5, 0.6) is 0 Å². The molecule has 1 aliphatic heterocycles. The summed E-state index contributed by atoms with van der Waals surface area (Å²) in [6.45, 7) is 4.92. The number of aromatic nitrogens is 3. The van der Waals surface area contributed by atoms with Crippen LogP contribution in [-0.2, 0) is 0 Å². The Labute approximate surface area is 292 Å². The van der Waals surface area contributed by atoms with Crippen molar-refractivity contribution in [3.8, 4) is 50.6 Å². The Morgan fingerprint density at radius 3 is 2.00 bits per heavy atom. The normalized spacial score (nSPS) is 13.2. The van der Waals surface area contributed by atoms with Gasteiger partial charge >= 0.3 is 0 Å². The van der Waals surface area contributed by atoms with Crippen LogP contribution in [0.15, 0.2) is 164 Å². The molecule has 50 heavy (non-hydrogen) atoms. The third-order valence-corrected chi connectivity index (χ3v) is 14.1. The van der Waals surface area contributed by atoms with Crippen LogP contribution >= 0.6 is 0 Å². The fourth-order valence-electron chi connectivity index (χ4n) is 8.27. The van der Waals surface area contributed by atoms with Gasteiger partial charge in [0.1, 0.15) is 8.07 Å². The average Bonchev–Trinajstić information content (AvgIpc) is 3.64. The van der Waals surface area contributed by atoms with Crippen molar-refractivity contribution in [2.24, 2.45) is 0 Å². The maximum atomic E-state index is 5.47. The van der Waals surface area contributed by atoms with Gasteiger partial charge in [-0.2, -0.15) is 0 Å². The van der Waals surface area contributed by atoms with Gasteiger partial charge in [-0.15, -0.1) is 0 Å². The number of para-hydroxylation sites is 2. The van der Waals surface area contributed by atoms with Crippen LogP contribution in [0, 0.1) is 0 Å². The lowest BCUT2D eigenvalue weighted by Crippen LogP contribution is -2.49. The number of fused-ring (bicyclic) bond motifs is 8. The second-order valence-corrected chi connectivity index (χ2v) is 18.1. The highest BCUT2D eigenvalue weighted by molar-refractivity contribution is 7.04. The van der Waals surface area contributed by atoms with Crippen LogP contribution in [0.25, 0.3) is 83.3 Å². The highest BCUT2D eigenvalue weighted by atomic mass is 28.3. The van der Waals surface area contributed by atoms with E-state index in [1.54, 1.807) is 0 Å². The fraction of sp³-hybridized carbons (Fsp3) is 0.0435. The van der Waals surface area contributed by atoms with Crippen molar-refractivity contribution in [1.82, 2.24) is 14.5 Å². The third-order valence-electron chi connectivity index (χ3n) is 10.6. The molecule has 1 aliphatic rings. The van der Waals surface area contributed by atoms with Crippen LogP contribution in [0.4, 0.5) is 0 Å². The molecule has 2 aromatic heterocycles. The van der Waals surface area contributed by atoms with E-state index < -0.39 is 8.07 Å². The van der Waals surface area contributed by atoms with E-state index in [0.29, 0.717) is 0 Å². The SMILES string of the molecule is C[Si]1(C)c2ccccc2-c2c1ccc1c(-c3ccccc3)nc(-c3cccc(-c4cccc5c4c4ccccc4n5-c4ccccc4)c3)nc21. The minimum Gasteiger partial charge on any atom is -0.309 e. The summed E-state index contributed by atoms with van der Waals surface area (Å²) in [5, 5.41) is 6.51. The van der Waals surface area contributed by atoms with E-state index in [4.69, 9.17) is 9.97 Å². The van der Waals surface area contributed by atoms with E-state index in [1.807, 2.05) is 0 Å². The van der Waals surface area contributed by atoms with Gasteiger partial charge in [0.2, 0.25) is 0 Å². The largest absolute Gasteiger partial charge is 0.309 e. The molecule has 0 bridgehead atoms. The fourth-order valence-corrected chi connectivity index (χ4v) is 11.3. The molecule has 7 aromatic carbocycles. The molecule has 0 radical (unpaired) electrons. The molecule has 0 unspecified atom stereocenters. The molecule has 4 heteroatoms. The van der Waals surface area contributed by atoms with Gasteiger partial charge in [0, 0.05) is 38.5 Å². The zero-order chi connectivity index (χ0) is 33.4. The molecule has 0 amide bonds. The number of rotatable bonds is 4. The Hall–Kier alpha value is -6.10. The molecule has 0 saturated carbocycles. The molecule has 0 atom stereocenters. The molecule has 3 heterocycles. The number of hydrogen-bond donors (Lipinski definition) is 0. The van der Waals surface area contributed by atoms with Gasteiger partial charge in [0.25, 0.3) is 0 Å². The van der Waals surface area contributed by atoms with Gasteiger partial charge in [0.15, 0.2) is 5.82 Å². The first kappa shape index (κ1) is 28.9. The van der Waals surface area contributed by atoms with E-state index in [1.165, 1.54) is 48.9 Å². The van der Waals surface area contributed by atoms with Crippen molar-refractivity contribution < 1.29 is 0 Å². The van der Waals surface area contributed by atoms with Crippen LogP contribution in [-0.4, -0.2) is 22.6 Å². The predicted molar refractivity (Wildman–Crippen MR) is 212 cm³/mol. The highest BCUT2D eigenvalue weighted by Gasteiger charge is 2.38. The first-order valence-corrected chi connectivity index (χ1v) is 20.3. The number of benzene rings is 7. The van der Waals surface area contributed by atoms with Crippen LogP contribution < -0.4 is 10.4 Å². The minimum absolute atomic E-state index is 0.745. The topological polar surface area (TPSA) is 30.7 Å². The van der Waals surface area contributed by atoms with Crippen molar-refractivity contribution in [2.45, 2.75) is 13.1 Å². The highest BCUT2D eigenvalue weighted by Crippen LogP contribution is 2.41. The van der Waals surface area contributed by atoms with Gasteiger partial charge in [-0.25, -0.2) is 9.97 Å². The Bertz CT molecular complexity index is 2780. The van der Waals surface area contributed by atoms with E-state index in [9.17, 15) is 0 Å². The molecular formula is C46H33N3Si. The molecule has 3 nitrogen and oxygen atoms in total. The van der Waals surface area contributed by atoms with Gasteiger partial charge in [-0.1, -0.05) is 147 Å². The number of nitrogens with zero attached hydrogens (tertiary/aromatic N) is 3. The smallest absolute Gasteiger partial charge is 0.160 e. The maximum absolute atomic E-state index is 5.47. The van der Waals surface area contributed by atoms with Crippen molar-refractivity contribution in [2.75, 3.05) is 0 Å². The average molecular weight is 656 g/mol. The Morgan fingerprint density at radius 1 is 0.480 bits per heavy atom. The van der Waals surface area contributed by atoms with Crippen molar-refractivity contribution in [3.05, 3.63) is 164 Å². The molecule has 9 aromatic rings. The standard InChI is InChI=1S/C46H33N3Si/c1-50(2)40-26-12-10-22-36(40)43-41(50)28-27-37-44(30-15-5-3-6-16-30)47-46(48-45(37)43)32-18-13-17-31(29-32)34-23-14-25-39-42(34)35-21-9-11-24-38(35)49(39)33-19-7-4-8-20-33/h3-29H,1-2H3. The summed E-state index contributed by atoms with van der Waals surface area (Å²) < 4.78 is 2.37. The predicted octanol–water partition coefficient (Wildman–Crippen LogP) is 10.5. The summed E-state index contributed by atoms with van der Waals surface area (Å²) in [5.41, 5.74) is 12.6. The number of hydrogen-bond acceptors (Lipinski definition) is 2. The van der Waals surface area contributed by atoms with Crippen molar-refractivity contribution in [1.29, 1.82) is 0 Å². The van der Waals surface area contributed by atoms with Gasteiger partial charge in [-0.3, -0.25) is 0 Å². The van der Waals surface area contributed by atoms with Crippen LogP contribution in [0.2, 0.25) is 13.1 Å². The summed E-state index contributed by atoms with van der Waals surface area (Å²) in [6.07, 6.45) is 0. The molecule has 236 valence electrons. The van der Waals surface area contributed by atoms with Gasteiger partial charge in [-0.05, 0) is 57.4 Å². The third kappa shape index (κ3) is 4.22. The maximum Gasteiger partial charge on any atom is 0.160 e. The van der Waals surface area contributed by atoms with Crippen LogP contribution in [0.3, 0.4) is 0 Å². The summed E-state index contributed by atoms with van der Waals surface area (Å²) in [7, 11) is -1.88. The molecule has 0 spiro atoms. The van der Waals surface area contributed by atoms with E-state index in [0.717, 1.165) is 44.8 Å². The molecule has 0 saturated heterocycles. The summed E-state index contributed by atoms with van der Waals surface area (Å²) >= 11 is 0. The van der Waals surface area contributed by atoms with Gasteiger partial charge < -0.3 is 4.57 Å². The lowest BCUT2D eigenvalue weighted by Gasteiger charge is -2.19. The second kappa shape index (κ2) is 11.0. The summed E-state index contributed by atoms with van der Waals surface area (Å²) in [5.74, 6) is 0.745. The Balaban J connectivity index is 1.22. The van der Waals surface area contributed by atoms with E-state index in [2.05, 4.69) is 181 Å². The second-order valence-electron chi connectivity index (χ2n) is 13.8. The molecule has 10 rings (SSSR count). The Morgan fingerprint density at radius 2 is 1.14 bits per heavy atom. The lowest BCUT2D eigenvalue weighted by molar-refractivity contribution is 1.18. The monoisotopic (exact) mass is 655 g/mol. The zero-order valence-electron chi connectivity index (χ0n) is 27.9. The zero-order valence-corrected chi connectivity index (χ0v) is 28.9. The molecule has 0 N–H and O–H groups in total. The quantitative estimate of drug-likeness (QED) is 0.177. The van der Waals surface area contributed by atoms with Crippen molar-refractivity contribution in [3.63, 3.8) is 0 Å². The molecular weight excluding hydrogens is 623 g/mol. The summed E-state index contributed by atoms with van der Waals surface area (Å²) in [6, 6.07) is 59.0. The van der Waals surface area contributed by atoms with Crippen molar-refractivity contribution >= 4 is 51.2 Å².